The van der Waals surface area contributed by atoms with Gasteiger partial charge in [0, 0.05) is 19.0 Å². The van der Waals surface area contributed by atoms with E-state index in [1.54, 1.807) is 0 Å². The van der Waals surface area contributed by atoms with Crippen molar-refractivity contribution < 1.29 is 9.53 Å². The van der Waals surface area contributed by atoms with E-state index in [1.165, 1.54) is 0 Å². The molecule has 0 aliphatic carbocycles. The summed E-state index contributed by atoms with van der Waals surface area (Å²) in [4.78, 5) is 11.6. The predicted octanol–water partition coefficient (Wildman–Crippen LogP) is 2.62. The van der Waals surface area contributed by atoms with Gasteiger partial charge in [-0.05, 0) is 30.2 Å². The minimum absolute atomic E-state index is 0.0269. The van der Waals surface area contributed by atoms with E-state index in [1.807, 2.05) is 61.5 Å². The molecule has 0 aromatic heterocycles. The zero-order valence-electron chi connectivity index (χ0n) is 12.8. The number of amides is 1. The Bertz CT molecular complexity index is 597. The molecular weight excluding hydrogens is 276 g/mol. The van der Waals surface area contributed by atoms with Gasteiger partial charge < -0.3 is 15.8 Å². The van der Waals surface area contributed by atoms with Crippen molar-refractivity contribution >= 4 is 5.91 Å². The summed E-state index contributed by atoms with van der Waals surface area (Å²) < 4.78 is 5.72. The van der Waals surface area contributed by atoms with E-state index in [0.717, 1.165) is 16.9 Å². The van der Waals surface area contributed by atoms with Crippen LogP contribution < -0.4 is 15.8 Å². The largest absolute Gasteiger partial charge is 0.489 e. The van der Waals surface area contributed by atoms with Gasteiger partial charge in [0.05, 0.1) is 0 Å². The zero-order valence-corrected chi connectivity index (χ0v) is 12.8. The summed E-state index contributed by atoms with van der Waals surface area (Å²) in [6.07, 6.45) is 0.344. The first kappa shape index (κ1) is 16.0. The Morgan fingerprint density at radius 3 is 2.59 bits per heavy atom. The fraction of sp³-hybridized carbons (Fsp3) is 0.278. The van der Waals surface area contributed by atoms with Crippen molar-refractivity contribution in [1.29, 1.82) is 0 Å². The molecule has 0 aliphatic rings. The Morgan fingerprint density at radius 2 is 1.86 bits per heavy atom. The van der Waals surface area contributed by atoms with Crippen LogP contribution in [0, 0.1) is 0 Å². The lowest BCUT2D eigenvalue weighted by Crippen LogP contribution is -2.29. The lowest BCUT2D eigenvalue weighted by atomic mass is 10.1. The highest BCUT2D eigenvalue weighted by Crippen LogP contribution is 2.12. The van der Waals surface area contributed by atoms with Crippen LogP contribution in [-0.2, 0) is 17.9 Å². The van der Waals surface area contributed by atoms with Crippen LogP contribution in [0.15, 0.2) is 54.6 Å². The second kappa shape index (κ2) is 8.20. The van der Waals surface area contributed by atoms with Crippen LogP contribution in [0.2, 0.25) is 0 Å². The number of hydrogen-bond donors (Lipinski definition) is 2. The number of nitrogens with one attached hydrogen (secondary N) is 1. The van der Waals surface area contributed by atoms with Crippen molar-refractivity contribution in [3.8, 4) is 5.75 Å². The molecule has 0 aliphatic heterocycles. The summed E-state index contributed by atoms with van der Waals surface area (Å²) in [5, 5.41) is 2.87. The van der Waals surface area contributed by atoms with E-state index in [9.17, 15) is 4.79 Å². The third-order valence-electron chi connectivity index (χ3n) is 3.14. The lowest BCUT2D eigenvalue weighted by molar-refractivity contribution is -0.121. The van der Waals surface area contributed by atoms with Crippen LogP contribution in [-0.4, -0.2) is 11.9 Å². The van der Waals surface area contributed by atoms with E-state index in [2.05, 4.69) is 5.32 Å². The first-order valence-corrected chi connectivity index (χ1v) is 7.41. The Hall–Kier alpha value is -2.33. The second-order valence-electron chi connectivity index (χ2n) is 5.38. The number of carbonyl (C=O) groups is 1. The predicted molar refractivity (Wildman–Crippen MR) is 87.3 cm³/mol. The summed E-state index contributed by atoms with van der Waals surface area (Å²) >= 11 is 0. The van der Waals surface area contributed by atoms with Crippen molar-refractivity contribution in [2.24, 2.45) is 5.73 Å². The fourth-order valence-electron chi connectivity index (χ4n) is 2.08. The molecule has 0 heterocycles. The van der Waals surface area contributed by atoms with E-state index in [0.29, 0.717) is 19.6 Å². The molecule has 1 unspecified atom stereocenters. The van der Waals surface area contributed by atoms with Gasteiger partial charge in [-0.2, -0.15) is 0 Å². The highest BCUT2D eigenvalue weighted by molar-refractivity contribution is 5.76. The van der Waals surface area contributed by atoms with Gasteiger partial charge in [0.2, 0.25) is 5.91 Å². The first-order chi connectivity index (χ1) is 10.6. The minimum atomic E-state index is -0.120. The van der Waals surface area contributed by atoms with Gasteiger partial charge in [-0.15, -0.1) is 0 Å². The molecule has 0 spiro atoms. The van der Waals surface area contributed by atoms with Crippen LogP contribution in [0.5, 0.6) is 5.75 Å². The van der Waals surface area contributed by atoms with Crippen molar-refractivity contribution in [2.75, 3.05) is 0 Å². The Labute approximate surface area is 131 Å². The van der Waals surface area contributed by atoms with Crippen LogP contribution in [0.25, 0.3) is 0 Å². The smallest absolute Gasteiger partial charge is 0.221 e. The minimum Gasteiger partial charge on any atom is -0.489 e. The maximum atomic E-state index is 11.6. The van der Waals surface area contributed by atoms with Gasteiger partial charge in [0.25, 0.3) is 0 Å². The molecule has 4 nitrogen and oxygen atoms in total. The SMILES string of the molecule is CC(N)CC(=O)NCc1cccc(COc2ccccc2)c1. The van der Waals surface area contributed by atoms with Crippen LogP contribution in [0.1, 0.15) is 24.5 Å². The number of carbonyl (C=O) groups excluding carboxylic acids is 1. The molecular formula is C18H22N2O2. The van der Waals surface area contributed by atoms with Gasteiger partial charge in [-0.1, -0.05) is 42.5 Å². The Morgan fingerprint density at radius 1 is 1.14 bits per heavy atom. The number of nitrogens with two attached hydrogens (primary N) is 1. The van der Waals surface area contributed by atoms with Crippen LogP contribution in [0.4, 0.5) is 0 Å². The first-order valence-electron chi connectivity index (χ1n) is 7.41. The molecule has 2 rings (SSSR count). The molecule has 3 N–H and O–H groups in total. The monoisotopic (exact) mass is 298 g/mol. The number of hydrogen-bond acceptors (Lipinski definition) is 3. The number of ether oxygens (including phenoxy) is 1. The molecule has 4 heteroatoms. The molecule has 0 saturated heterocycles. The van der Waals surface area contributed by atoms with Crippen molar-refractivity contribution in [1.82, 2.24) is 5.32 Å². The van der Waals surface area contributed by atoms with Crippen molar-refractivity contribution in [2.45, 2.75) is 32.5 Å². The van der Waals surface area contributed by atoms with Gasteiger partial charge in [0.15, 0.2) is 0 Å². The fourth-order valence-corrected chi connectivity index (χ4v) is 2.08. The maximum Gasteiger partial charge on any atom is 0.221 e. The molecule has 1 amide bonds. The molecule has 0 fully saturated rings. The van der Waals surface area contributed by atoms with Gasteiger partial charge in [-0.3, -0.25) is 4.79 Å². The number of benzene rings is 2. The highest BCUT2D eigenvalue weighted by atomic mass is 16.5. The highest BCUT2D eigenvalue weighted by Gasteiger charge is 2.05. The van der Waals surface area contributed by atoms with E-state index in [4.69, 9.17) is 10.5 Å². The lowest BCUT2D eigenvalue weighted by Gasteiger charge is -2.10. The molecule has 0 saturated carbocycles. The van der Waals surface area contributed by atoms with Crippen LogP contribution in [0.3, 0.4) is 0 Å². The van der Waals surface area contributed by atoms with Crippen LogP contribution >= 0.6 is 0 Å². The average molecular weight is 298 g/mol. The molecule has 0 radical (unpaired) electrons. The topological polar surface area (TPSA) is 64.4 Å². The maximum absolute atomic E-state index is 11.6. The Kier molecular flexibility index (Phi) is 5.98. The number of para-hydroxylation sites is 1. The van der Waals surface area contributed by atoms with Gasteiger partial charge >= 0.3 is 0 Å². The standard InChI is InChI=1S/C18H22N2O2/c1-14(19)10-18(21)20-12-15-6-5-7-16(11-15)13-22-17-8-3-2-4-9-17/h2-9,11,14H,10,12-13,19H2,1H3,(H,20,21). The van der Waals surface area contributed by atoms with E-state index >= 15 is 0 Å². The van der Waals surface area contributed by atoms with Gasteiger partial charge in [0.1, 0.15) is 12.4 Å². The second-order valence-corrected chi connectivity index (χ2v) is 5.38. The third-order valence-corrected chi connectivity index (χ3v) is 3.14. The quantitative estimate of drug-likeness (QED) is 0.826. The number of rotatable bonds is 7. The molecule has 2 aromatic rings. The molecule has 2 aromatic carbocycles. The average Bonchev–Trinajstić information content (AvgIpc) is 2.52. The summed E-state index contributed by atoms with van der Waals surface area (Å²) in [5.41, 5.74) is 7.72. The van der Waals surface area contributed by atoms with Gasteiger partial charge in [-0.25, -0.2) is 0 Å². The summed E-state index contributed by atoms with van der Waals surface area (Å²) in [5.74, 6) is 0.819. The summed E-state index contributed by atoms with van der Waals surface area (Å²) in [6.45, 7) is 2.83. The third kappa shape index (κ3) is 5.58. The van der Waals surface area contributed by atoms with Crippen molar-refractivity contribution in [3.63, 3.8) is 0 Å². The van der Waals surface area contributed by atoms with E-state index < -0.39 is 0 Å². The zero-order chi connectivity index (χ0) is 15.8. The molecule has 1 atom stereocenters. The Balaban J connectivity index is 1.86. The summed E-state index contributed by atoms with van der Waals surface area (Å²) in [6, 6.07) is 17.6. The van der Waals surface area contributed by atoms with Crippen molar-refractivity contribution in [3.05, 3.63) is 65.7 Å². The molecule has 116 valence electrons. The molecule has 22 heavy (non-hydrogen) atoms. The summed E-state index contributed by atoms with van der Waals surface area (Å²) in [7, 11) is 0. The molecule has 0 bridgehead atoms. The normalized spacial score (nSPS) is 11.7. The van der Waals surface area contributed by atoms with E-state index in [-0.39, 0.29) is 11.9 Å².